The van der Waals surface area contributed by atoms with Crippen LogP contribution in [0.4, 0.5) is 0 Å². The number of nitrogens with one attached hydrogen (secondary N) is 2. The van der Waals surface area contributed by atoms with Crippen molar-refractivity contribution in [2.45, 2.75) is 19.8 Å². The predicted octanol–water partition coefficient (Wildman–Crippen LogP) is -0.898. The fraction of sp³-hybridized carbons (Fsp3) is 1.00. The molecule has 0 bridgehead atoms. The van der Waals surface area contributed by atoms with E-state index in [2.05, 4.69) is 9.44 Å². The molecule has 1 rings (SSSR count). The first kappa shape index (κ1) is 15.8. The van der Waals surface area contributed by atoms with E-state index < -0.39 is 20.2 Å². The SMILES string of the molecule is C[C@@H]1CCCN(S(=O)(=O)NCCNS(C)(=O)=O)C1. The molecule has 1 saturated heterocycles. The molecular formula is C9H21N3O4S2. The lowest BCUT2D eigenvalue weighted by atomic mass is 10.0. The van der Waals surface area contributed by atoms with Gasteiger partial charge in [-0.15, -0.1) is 0 Å². The fourth-order valence-electron chi connectivity index (χ4n) is 1.87. The Morgan fingerprint density at radius 3 is 2.33 bits per heavy atom. The Bertz CT molecular complexity index is 460. The molecule has 0 radical (unpaired) electrons. The summed E-state index contributed by atoms with van der Waals surface area (Å²) in [4.78, 5) is 0. The summed E-state index contributed by atoms with van der Waals surface area (Å²) in [5.74, 6) is 0.365. The van der Waals surface area contributed by atoms with Crippen molar-refractivity contribution >= 4 is 20.2 Å². The van der Waals surface area contributed by atoms with E-state index in [0.29, 0.717) is 19.0 Å². The summed E-state index contributed by atoms with van der Waals surface area (Å²) in [6.07, 6.45) is 2.94. The summed E-state index contributed by atoms with van der Waals surface area (Å²) >= 11 is 0. The monoisotopic (exact) mass is 299 g/mol. The molecule has 2 N–H and O–H groups in total. The Kier molecular flexibility index (Phi) is 5.53. The average Bonchev–Trinajstić information content (AvgIpc) is 2.23. The van der Waals surface area contributed by atoms with Crippen LogP contribution in [-0.4, -0.2) is 53.6 Å². The Morgan fingerprint density at radius 1 is 1.17 bits per heavy atom. The second-order valence-corrected chi connectivity index (χ2v) is 8.26. The fourth-order valence-corrected chi connectivity index (χ4v) is 3.71. The summed E-state index contributed by atoms with van der Waals surface area (Å²) in [6.45, 7) is 3.18. The smallest absolute Gasteiger partial charge is 0.214 e. The van der Waals surface area contributed by atoms with Gasteiger partial charge in [0.15, 0.2) is 0 Å². The zero-order valence-corrected chi connectivity index (χ0v) is 12.3. The van der Waals surface area contributed by atoms with E-state index in [1.165, 1.54) is 4.31 Å². The van der Waals surface area contributed by atoms with Gasteiger partial charge >= 0.3 is 0 Å². The minimum Gasteiger partial charge on any atom is -0.214 e. The van der Waals surface area contributed by atoms with Crippen LogP contribution < -0.4 is 9.44 Å². The lowest BCUT2D eigenvalue weighted by Gasteiger charge is -2.29. The molecule has 0 aromatic heterocycles. The molecule has 7 nitrogen and oxygen atoms in total. The predicted molar refractivity (Wildman–Crippen MR) is 69.7 cm³/mol. The van der Waals surface area contributed by atoms with Crippen molar-refractivity contribution in [1.82, 2.24) is 13.7 Å². The second-order valence-electron chi connectivity index (χ2n) is 4.67. The normalized spacial score (nSPS) is 23.1. The van der Waals surface area contributed by atoms with E-state index in [-0.39, 0.29) is 13.1 Å². The van der Waals surface area contributed by atoms with Crippen molar-refractivity contribution in [3.63, 3.8) is 0 Å². The topological polar surface area (TPSA) is 95.6 Å². The molecule has 1 aliphatic heterocycles. The van der Waals surface area contributed by atoms with E-state index in [0.717, 1.165) is 19.1 Å². The first-order valence-corrected chi connectivity index (χ1v) is 9.23. The van der Waals surface area contributed by atoms with Gasteiger partial charge in [0, 0.05) is 26.2 Å². The third kappa shape index (κ3) is 5.61. The Morgan fingerprint density at radius 2 is 1.78 bits per heavy atom. The second kappa shape index (κ2) is 6.29. The average molecular weight is 299 g/mol. The Labute approximate surface area is 109 Å². The number of hydrogen-bond donors (Lipinski definition) is 2. The Balaban J connectivity index is 2.40. The molecule has 0 aliphatic carbocycles. The molecule has 0 unspecified atom stereocenters. The number of sulfonamides is 1. The number of nitrogens with zero attached hydrogens (tertiary/aromatic N) is 1. The van der Waals surface area contributed by atoms with Crippen LogP contribution in [0.3, 0.4) is 0 Å². The van der Waals surface area contributed by atoms with Crippen molar-refractivity contribution in [2.75, 3.05) is 32.4 Å². The number of hydrogen-bond acceptors (Lipinski definition) is 4. The molecule has 9 heteroatoms. The minimum atomic E-state index is -3.49. The van der Waals surface area contributed by atoms with E-state index in [1.807, 2.05) is 6.92 Å². The first-order chi connectivity index (χ1) is 8.21. The molecule has 18 heavy (non-hydrogen) atoms. The zero-order valence-electron chi connectivity index (χ0n) is 10.7. The van der Waals surface area contributed by atoms with Gasteiger partial charge in [-0.1, -0.05) is 6.92 Å². The molecule has 0 spiro atoms. The summed E-state index contributed by atoms with van der Waals surface area (Å²) in [5.41, 5.74) is 0. The van der Waals surface area contributed by atoms with E-state index in [1.54, 1.807) is 0 Å². The lowest BCUT2D eigenvalue weighted by molar-refractivity contribution is 0.278. The maximum atomic E-state index is 11.9. The van der Waals surface area contributed by atoms with Gasteiger partial charge in [0.05, 0.1) is 6.26 Å². The van der Waals surface area contributed by atoms with Gasteiger partial charge in [-0.05, 0) is 18.8 Å². The van der Waals surface area contributed by atoms with Gasteiger partial charge in [0.2, 0.25) is 10.0 Å². The quantitative estimate of drug-likeness (QED) is 0.621. The van der Waals surface area contributed by atoms with Crippen molar-refractivity contribution in [2.24, 2.45) is 5.92 Å². The van der Waals surface area contributed by atoms with Crippen LogP contribution in [-0.2, 0) is 20.2 Å². The highest BCUT2D eigenvalue weighted by Gasteiger charge is 2.26. The van der Waals surface area contributed by atoms with Crippen LogP contribution in [0, 0.1) is 5.92 Å². The van der Waals surface area contributed by atoms with Crippen LogP contribution in [0.1, 0.15) is 19.8 Å². The molecule has 0 aromatic rings. The van der Waals surface area contributed by atoms with Gasteiger partial charge in [0.25, 0.3) is 10.2 Å². The molecule has 0 aromatic carbocycles. The highest BCUT2D eigenvalue weighted by atomic mass is 32.2. The molecule has 1 aliphatic rings. The summed E-state index contributed by atoms with van der Waals surface area (Å²) in [7, 11) is -6.76. The van der Waals surface area contributed by atoms with Crippen molar-refractivity contribution in [3.8, 4) is 0 Å². The number of rotatable bonds is 6. The molecule has 0 saturated carbocycles. The van der Waals surface area contributed by atoms with Crippen molar-refractivity contribution in [3.05, 3.63) is 0 Å². The maximum Gasteiger partial charge on any atom is 0.279 e. The number of piperidine rings is 1. The maximum absolute atomic E-state index is 11.9. The Hall–Kier alpha value is -0.220. The van der Waals surface area contributed by atoms with Gasteiger partial charge < -0.3 is 0 Å². The van der Waals surface area contributed by atoms with Crippen LogP contribution in [0.25, 0.3) is 0 Å². The van der Waals surface area contributed by atoms with E-state index >= 15 is 0 Å². The molecule has 1 heterocycles. The minimum absolute atomic E-state index is 0.0558. The lowest BCUT2D eigenvalue weighted by Crippen LogP contribution is -2.47. The highest BCUT2D eigenvalue weighted by Crippen LogP contribution is 2.17. The van der Waals surface area contributed by atoms with Gasteiger partial charge in [-0.3, -0.25) is 0 Å². The third-order valence-corrected chi connectivity index (χ3v) is 5.04. The molecule has 1 atom stereocenters. The third-order valence-electron chi connectivity index (χ3n) is 2.73. The highest BCUT2D eigenvalue weighted by molar-refractivity contribution is 7.88. The largest absolute Gasteiger partial charge is 0.279 e. The van der Waals surface area contributed by atoms with Crippen molar-refractivity contribution in [1.29, 1.82) is 0 Å². The van der Waals surface area contributed by atoms with Crippen LogP contribution >= 0.6 is 0 Å². The summed E-state index contributed by atoms with van der Waals surface area (Å²) in [6, 6.07) is 0. The first-order valence-electron chi connectivity index (χ1n) is 5.90. The molecule has 108 valence electrons. The zero-order chi connectivity index (χ0) is 13.8. The summed E-state index contributed by atoms with van der Waals surface area (Å²) in [5, 5.41) is 0. The van der Waals surface area contributed by atoms with Crippen LogP contribution in [0.15, 0.2) is 0 Å². The van der Waals surface area contributed by atoms with Crippen LogP contribution in [0.2, 0.25) is 0 Å². The van der Waals surface area contributed by atoms with E-state index in [9.17, 15) is 16.8 Å². The van der Waals surface area contributed by atoms with Gasteiger partial charge in [0.1, 0.15) is 0 Å². The summed E-state index contributed by atoms with van der Waals surface area (Å²) < 4.78 is 51.4. The molecule has 1 fully saturated rings. The molecule has 0 amide bonds. The van der Waals surface area contributed by atoms with Crippen LogP contribution in [0.5, 0.6) is 0 Å². The van der Waals surface area contributed by atoms with Gasteiger partial charge in [-0.2, -0.15) is 12.7 Å². The standard InChI is InChI=1S/C9H21N3O4S2/c1-9-4-3-7-12(8-9)18(15,16)11-6-5-10-17(2,13)14/h9-11H,3-8H2,1-2H3/t9-/m1/s1. The van der Waals surface area contributed by atoms with E-state index in [4.69, 9.17) is 0 Å². The van der Waals surface area contributed by atoms with Gasteiger partial charge in [-0.25, -0.2) is 17.9 Å². The van der Waals surface area contributed by atoms with Crippen molar-refractivity contribution < 1.29 is 16.8 Å². The molecular weight excluding hydrogens is 278 g/mol.